The second-order valence-electron chi connectivity index (χ2n) is 10.5. The highest BCUT2D eigenvalue weighted by Crippen LogP contribution is 2.46. The van der Waals surface area contributed by atoms with Crippen molar-refractivity contribution in [2.45, 2.75) is 0 Å². The minimum atomic E-state index is -0.680. The molecule has 0 saturated carbocycles. The zero-order chi connectivity index (χ0) is 42.8. The topological polar surface area (TPSA) is 13.1 Å². The van der Waals surface area contributed by atoms with Gasteiger partial charge >= 0.3 is 0 Å². The summed E-state index contributed by atoms with van der Waals surface area (Å²) >= 11 is 0. The lowest BCUT2D eigenvalue weighted by Crippen LogP contribution is -1.92. The van der Waals surface area contributed by atoms with E-state index in [-0.39, 0.29) is 56.8 Å². The van der Waals surface area contributed by atoms with Crippen molar-refractivity contribution in [3.63, 3.8) is 0 Å². The second-order valence-corrected chi connectivity index (χ2v) is 10.5. The summed E-state index contributed by atoms with van der Waals surface area (Å²) in [4.78, 5) is 0. The van der Waals surface area contributed by atoms with Crippen LogP contribution >= 0.6 is 0 Å². The average Bonchev–Trinajstić information content (AvgIpc) is 3.65. The molecule has 45 heavy (non-hydrogen) atoms. The Morgan fingerprint density at radius 3 is 1.58 bits per heavy atom. The van der Waals surface area contributed by atoms with Crippen molar-refractivity contribution in [3.8, 4) is 44.5 Å². The van der Waals surface area contributed by atoms with E-state index in [1.165, 1.54) is 0 Å². The smallest absolute Gasteiger partial charge is 0.136 e. The zero-order valence-corrected chi connectivity index (χ0v) is 23.4. The molecule has 0 N–H and O–H groups in total. The molecule has 0 spiro atoms. The molecule has 9 aromatic rings. The molecular weight excluding hydrogens is 544 g/mol. The van der Waals surface area contributed by atoms with Gasteiger partial charge in [0.15, 0.2) is 0 Å². The van der Waals surface area contributed by atoms with Crippen LogP contribution in [0.3, 0.4) is 0 Å². The molecule has 1 heteroatoms. The van der Waals surface area contributed by atoms with Gasteiger partial charge in [-0.1, -0.05) is 151 Å². The highest BCUT2D eigenvalue weighted by molar-refractivity contribution is 6.23. The van der Waals surface area contributed by atoms with Gasteiger partial charge in [0.05, 0.1) is 20.6 Å². The second kappa shape index (κ2) is 10.4. The summed E-state index contributed by atoms with van der Waals surface area (Å²) in [5, 5.41) is 2.05. The third-order valence-corrected chi connectivity index (χ3v) is 7.94. The van der Waals surface area contributed by atoms with Gasteiger partial charge in [-0.2, -0.15) is 0 Å². The fraction of sp³-hybridized carbons (Fsp3) is 0. The lowest BCUT2D eigenvalue weighted by atomic mass is 9.84. The Balaban J connectivity index is 1.43. The summed E-state index contributed by atoms with van der Waals surface area (Å²) in [6.45, 7) is 0. The SMILES string of the molecule is [2H]c1c([2H])c([2H])c(-c2c([2H])c([2H])c(-c3c4ccccc4c(-c4c([2H])c(-c5ccccc5)c5c(oc6c([2H])c([2H])c([2H])c([2H])c65)c4[2H])c4ccccc34)c([2H])c2[2H])c([2H])c1[2H]. The number of rotatable bonds is 4. The van der Waals surface area contributed by atoms with Gasteiger partial charge in [-0.25, -0.2) is 0 Å². The van der Waals surface area contributed by atoms with Crippen LogP contribution in [0.4, 0.5) is 0 Å². The molecule has 0 unspecified atom stereocenters. The van der Waals surface area contributed by atoms with E-state index in [4.69, 9.17) is 19.5 Å². The molecule has 1 heterocycles. The summed E-state index contributed by atoms with van der Waals surface area (Å²) < 4.78 is 139. The zero-order valence-electron chi connectivity index (χ0n) is 38.4. The van der Waals surface area contributed by atoms with Crippen LogP contribution in [0.5, 0.6) is 0 Å². The van der Waals surface area contributed by atoms with Gasteiger partial charge in [0, 0.05) is 10.8 Å². The minimum Gasteiger partial charge on any atom is -0.456 e. The van der Waals surface area contributed by atoms with E-state index >= 15 is 0 Å². The monoisotopic (exact) mass is 587 g/mol. The van der Waals surface area contributed by atoms with Gasteiger partial charge < -0.3 is 4.42 Å². The molecule has 0 aliphatic carbocycles. The molecule has 0 atom stereocenters. The summed E-state index contributed by atoms with van der Waals surface area (Å²) in [5.74, 6) is 0. The van der Waals surface area contributed by atoms with E-state index in [2.05, 4.69) is 0 Å². The first kappa shape index (κ1) is 14.7. The van der Waals surface area contributed by atoms with Crippen LogP contribution in [0.2, 0.25) is 0 Å². The minimum absolute atomic E-state index is 0.0453. The van der Waals surface area contributed by atoms with Crippen LogP contribution < -0.4 is 0 Å². The molecule has 1 aromatic heterocycles. The van der Waals surface area contributed by atoms with Crippen molar-refractivity contribution in [3.05, 3.63) is 169 Å². The van der Waals surface area contributed by atoms with E-state index in [1.807, 2.05) is 0 Å². The molecule has 0 bridgehead atoms. The Hall–Kier alpha value is -5.92. The molecule has 0 saturated heterocycles. The molecule has 210 valence electrons. The number of hydrogen-bond donors (Lipinski definition) is 0. The van der Waals surface area contributed by atoms with Crippen molar-refractivity contribution >= 4 is 43.5 Å². The fourth-order valence-corrected chi connectivity index (χ4v) is 6.03. The van der Waals surface area contributed by atoms with Crippen LogP contribution in [0.25, 0.3) is 88.0 Å². The average molecular weight is 588 g/mol. The molecule has 0 amide bonds. The van der Waals surface area contributed by atoms with Crippen molar-refractivity contribution in [1.29, 1.82) is 0 Å². The molecule has 0 radical (unpaired) electrons. The van der Waals surface area contributed by atoms with Gasteiger partial charge in [-0.15, -0.1) is 0 Å². The van der Waals surface area contributed by atoms with Crippen LogP contribution in [-0.4, -0.2) is 0 Å². The molecule has 0 fully saturated rings. The highest BCUT2D eigenvalue weighted by atomic mass is 16.3. The highest BCUT2D eigenvalue weighted by Gasteiger charge is 2.20. The molecule has 1 nitrogen and oxygen atoms in total. The number of hydrogen-bond acceptors (Lipinski definition) is 1. The third-order valence-electron chi connectivity index (χ3n) is 7.94. The maximum absolute atomic E-state index is 9.92. The van der Waals surface area contributed by atoms with Crippen LogP contribution in [0, 0.1) is 0 Å². The predicted octanol–water partition coefficient (Wildman–Crippen LogP) is 12.6. The van der Waals surface area contributed by atoms with Gasteiger partial charge in [-0.05, 0) is 84.2 Å². The number of fused-ring (bicyclic) bond motifs is 5. The number of furan rings is 1. The standard InChI is InChI=1S/C44H28O/c1-3-13-29(14-4-1)30-23-25-32(26-24-30)42-34-17-7-9-19-36(34)43(37-20-10-8-18-35(37)42)33-27-39(31-15-5-2-6-16-31)44-38-21-11-12-22-40(38)45-41(44)28-33/h1-28H/i1D,3D,4D,11D,12D,13D,14D,21D,22D,23D,24D,25D,26D,27D,28D. The first-order valence-electron chi connectivity index (χ1n) is 21.7. The maximum Gasteiger partial charge on any atom is 0.136 e. The van der Waals surface area contributed by atoms with Gasteiger partial charge in [0.25, 0.3) is 0 Å². The van der Waals surface area contributed by atoms with Crippen LogP contribution in [0.15, 0.2) is 174 Å². The Labute approximate surface area is 282 Å². The van der Waals surface area contributed by atoms with Crippen LogP contribution in [0.1, 0.15) is 20.6 Å². The lowest BCUT2D eigenvalue weighted by molar-refractivity contribution is 0.669. The van der Waals surface area contributed by atoms with Crippen molar-refractivity contribution in [2.24, 2.45) is 0 Å². The lowest BCUT2D eigenvalue weighted by Gasteiger charge is -2.18. The van der Waals surface area contributed by atoms with Gasteiger partial charge in [-0.3, -0.25) is 0 Å². The summed E-state index contributed by atoms with van der Waals surface area (Å²) in [6, 6.07) is 15.0. The van der Waals surface area contributed by atoms with E-state index in [1.54, 1.807) is 78.9 Å². The predicted molar refractivity (Wildman–Crippen MR) is 190 cm³/mol. The molecule has 0 aliphatic rings. The van der Waals surface area contributed by atoms with E-state index in [0.29, 0.717) is 38.2 Å². The van der Waals surface area contributed by atoms with Crippen molar-refractivity contribution in [2.75, 3.05) is 0 Å². The normalized spacial score (nSPS) is 16.2. The Kier molecular flexibility index (Phi) is 3.39. The molecular formula is C44H28O. The summed E-state index contributed by atoms with van der Waals surface area (Å²) in [6.07, 6.45) is 0. The van der Waals surface area contributed by atoms with Gasteiger partial charge in [0.1, 0.15) is 11.2 Å². The Bertz CT molecular complexity index is 3260. The summed E-state index contributed by atoms with van der Waals surface area (Å²) in [5.41, 5.74) is 0.420. The van der Waals surface area contributed by atoms with E-state index in [9.17, 15) is 5.48 Å². The van der Waals surface area contributed by atoms with Crippen molar-refractivity contribution < 1.29 is 25.0 Å². The maximum atomic E-state index is 9.92. The summed E-state index contributed by atoms with van der Waals surface area (Å²) in [7, 11) is 0. The fourth-order valence-electron chi connectivity index (χ4n) is 6.03. The van der Waals surface area contributed by atoms with E-state index < -0.39 is 83.6 Å². The van der Waals surface area contributed by atoms with Crippen molar-refractivity contribution in [1.82, 2.24) is 0 Å². The quantitative estimate of drug-likeness (QED) is 0.187. The Morgan fingerprint density at radius 1 is 0.378 bits per heavy atom. The first-order chi connectivity index (χ1) is 28.6. The first-order valence-corrected chi connectivity index (χ1v) is 14.2. The molecule has 0 aliphatic heterocycles. The largest absolute Gasteiger partial charge is 0.456 e. The van der Waals surface area contributed by atoms with Gasteiger partial charge in [0.2, 0.25) is 0 Å². The number of benzene rings is 8. The van der Waals surface area contributed by atoms with E-state index in [0.717, 1.165) is 0 Å². The molecule has 9 rings (SSSR count). The number of para-hydroxylation sites is 1. The third kappa shape index (κ3) is 4.17. The van der Waals surface area contributed by atoms with Crippen LogP contribution in [-0.2, 0) is 0 Å². The Morgan fingerprint density at radius 2 is 0.911 bits per heavy atom. The molecule has 8 aromatic carbocycles.